The molecule has 0 unspecified atom stereocenters. The zero-order chi connectivity index (χ0) is 13.3. The molecule has 0 bridgehead atoms. The second-order valence-electron chi connectivity index (χ2n) is 5.07. The van der Waals surface area contributed by atoms with E-state index in [2.05, 4.69) is 5.32 Å². The Morgan fingerprint density at radius 2 is 2.11 bits per heavy atom. The predicted octanol–water partition coefficient (Wildman–Crippen LogP) is 2.70. The molecule has 0 radical (unpaired) electrons. The predicted molar refractivity (Wildman–Crippen MR) is 65.4 cm³/mol. The number of cyclic esters (lactones) is 1. The summed E-state index contributed by atoms with van der Waals surface area (Å²) in [5.74, 6) is -0.325. The maximum absolute atomic E-state index is 11.6. The summed E-state index contributed by atoms with van der Waals surface area (Å²) >= 11 is 0. The van der Waals surface area contributed by atoms with Gasteiger partial charge in [0.1, 0.15) is 12.2 Å². The van der Waals surface area contributed by atoms with Crippen molar-refractivity contribution >= 4 is 17.7 Å². The summed E-state index contributed by atoms with van der Waals surface area (Å²) in [5, 5.41) is 2.61. The summed E-state index contributed by atoms with van der Waals surface area (Å²) < 4.78 is 10.0. The van der Waals surface area contributed by atoms with E-state index in [1.807, 2.05) is 0 Å². The van der Waals surface area contributed by atoms with Crippen LogP contribution < -0.4 is 5.32 Å². The number of nitrogens with one attached hydrogen (secondary N) is 1. The van der Waals surface area contributed by atoms with Crippen LogP contribution in [0, 0.1) is 0 Å². The molecule has 5 nitrogen and oxygen atoms in total. The van der Waals surface area contributed by atoms with Gasteiger partial charge in [-0.25, -0.2) is 9.59 Å². The van der Waals surface area contributed by atoms with Gasteiger partial charge in [0, 0.05) is 11.3 Å². The zero-order valence-corrected chi connectivity index (χ0v) is 10.6. The highest BCUT2D eigenvalue weighted by atomic mass is 16.6. The molecule has 1 heterocycles. The maximum Gasteiger partial charge on any atom is 0.412 e. The molecular weight excluding hydrogens is 234 g/mol. The first-order valence-electron chi connectivity index (χ1n) is 5.65. The van der Waals surface area contributed by atoms with Crippen molar-refractivity contribution in [2.75, 3.05) is 5.32 Å². The van der Waals surface area contributed by atoms with E-state index in [9.17, 15) is 9.59 Å². The van der Waals surface area contributed by atoms with Gasteiger partial charge in [-0.2, -0.15) is 0 Å². The topological polar surface area (TPSA) is 64.6 Å². The van der Waals surface area contributed by atoms with E-state index < -0.39 is 11.7 Å². The Hall–Kier alpha value is -2.04. The smallest absolute Gasteiger partial charge is 0.412 e. The summed E-state index contributed by atoms with van der Waals surface area (Å²) in [7, 11) is 0. The van der Waals surface area contributed by atoms with Crippen LogP contribution in [0.25, 0.3) is 0 Å². The minimum atomic E-state index is -0.542. The fraction of sp³-hybridized carbons (Fsp3) is 0.385. The van der Waals surface area contributed by atoms with Crippen LogP contribution in [0.3, 0.4) is 0 Å². The minimum Gasteiger partial charge on any atom is -0.457 e. The Balaban J connectivity index is 2.08. The molecular formula is C13H15NO4. The van der Waals surface area contributed by atoms with Gasteiger partial charge in [-0.05, 0) is 39.0 Å². The first-order valence-corrected chi connectivity index (χ1v) is 5.65. The highest BCUT2D eigenvalue weighted by molar-refractivity contribution is 5.94. The van der Waals surface area contributed by atoms with Crippen LogP contribution in [0.5, 0.6) is 0 Å². The van der Waals surface area contributed by atoms with Gasteiger partial charge in [0.15, 0.2) is 0 Å². The monoisotopic (exact) mass is 249 g/mol. The number of benzene rings is 1. The lowest BCUT2D eigenvalue weighted by Gasteiger charge is -2.19. The number of fused-ring (bicyclic) bond motifs is 1. The van der Waals surface area contributed by atoms with E-state index in [4.69, 9.17) is 9.47 Å². The molecule has 1 aliphatic heterocycles. The second-order valence-corrected chi connectivity index (χ2v) is 5.07. The number of ether oxygens (including phenoxy) is 2. The van der Waals surface area contributed by atoms with Gasteiger partial charge in [0.25, 0.3) is 0 Å². The van der Waals surface area contributed by atoms with E-state index in [-0.39, 0.29) is 12.6 Å². The molecule has 1 amide bonds. The third-order valence-electron chi connectivity index (χ3n) is 2.33. The quantitative estimate of drug-likeness (QED) is 0.777. The van der Waals surface area contributed by atoms with Crippen molar-refractivity contribution in [3.63, 3.8) is 0 Å². The van der Waals surface area contributed by atoms with Crippen LogP contribution >= 0.6 is 0 Å². The Labute approximate surface area is 105 Å². The maximum atomic E-state index is 11.6. The van der Waals surface area contributed by atoms with Gasteiger partial charge in [0.2, 0.25) is 0 Å². The Bertz CT molecular complexity index is 502. The van der Waals surface area contributed by atoms with Crippen molar-refractivity contribution < 1.29 is 19.1 Å². The largest absolute Gasteiger partial charge is 0.457 e. The van der Waals surface area contributed by atoms with Crippen molar-refractivity contribution in [1.82, 2.24) is 0 Å². The van der Waals surface area contributed by atoms with Crippen molar-refractivity contribution in [1.29, 1.82) is 0 Å². The molecule has 0 aromatic heterocycles. The van der Waals surface area contributed by atoms with E-state index in [0.717, 1.165) is 5.56 Å². The molecule has 0 spiro atoms. The van der Waals surface area contributed by atoms with Gasteiger partial charge < -0.3 is 9.47 Å². The summed E-state index contributed by atoms with van der Waals surface area (Å²) in [5.41, 5.74) is 1.36. The Morgan fingerprint density at radius 3 is 2.78 bits per heavy atom. The number of anilines is 1. The molecule has 5 heteroatoms. The fourth-order valence-corrected chi connectivity index (χ4v) is 1.63. The van der Waals surface area contributed by atoms with E-state index in [1.54, 1.807) is 39.0 Å². The standard InChI is InChI=1S/C13H15NO4/c1-13(2,3)18-12(16)14-9-4-5-10-8(6-9)7-17-11(10)15/h4-6H,7H2,1-3H3,(H,14,16). The number of hydrogen-bond donors (Lipinski definition) is 1. The first kappa shape index (κ1) is 12.4. The second kappa shape index (κ2) is 4.33. The van der Waals surface area contributed by atoms with Gasteiger partial charge in [-0.15, -0.1) is 0 Å². The lowest BCUT2D eigenvalue weighted by molar-refractivity contribution is 0.0534. The van der Waals surface area contributed by atoms with Crippen molar-refractivity contribution in [3.8, 4) is 0 Å². The molecule has 0 atom stereocenters. The first-order chi connectivity index (χ1) is 8.35. The van der Waals surface area contributed by atoms with E-state index in [0.29, 0.717) is 11.3 Å². The summed E-state index contributed by atoms with van der Waals surface area (Å²) in [6, 6.07) is 5.00. The third-order valence-corrected chi connectivity index (χ3v) is 2.33. The van der Waals surface area contributed by atoms with E-state index in [1.165, 1.54) is 0 Å². The zero-order valence-electron chi connectivity index (χ0n) is 10.6. The minimum absolute atomic E-state index is 0.248. The van der Waals surface area contributed by atoms with Crippen LogP contribution in [0.1, 0.15) is 36.7 Å². The lowest BCUT2D eigenvalue weighted by atomic mass is 10.1. The summed E-state index contributed by atoms with van der Waals surface area (Å²) in [6.45, 7) is 5.63. The lowest BCUT2D eigenvalue weighted by Crippen LogP contribution is -2.27. The van der Waals surface area contributed by atoms with Crippen LogP contribution in [-0.4, -0.2) is 17.7 Å². The molecule has 96 valence electrons. The van der Waals surface area contributed by atoms with Gasteiger partial charge >= 0.3 is 12.1 Å². The number of rotatable bonds is 1. The average Bonchev–Trinajstić information content (AvgIpc) is 2.57. The van der Waals surface area contributed by atoms with Crippen molar-refractivity contribution in [2.45, 2.75) is 33.0 Å². The fourth-order valence-electron chi connectivity index (χ4n) is 1.63. The summed E-state index contributed by atoms with van der Waals surface area (Å²) in [4.78, 5) is 22.8. The highest BCUT2D eigenvalue weighted by Crippen LogP contribution is 2.23. The highest BCUT2D eigenvalue weighted by Gasteiger charge is 2.22. The Morgan fingerprint density at radius 1 is 1.39 bits per heavy atom. The normalized spacial score (nSPS) is 13.8. The number of amides is 1. The molecule has 1 aromatic rings. The molecule has 2 rings (SSSR count). The SMILES string of the molecule is CC(C)(C)OC(=O)Nc1ccc2c(c1)COC2=O. The molecule has 1 N–H and O–H groups in total. The Kier molecular flexibility index (Phi) is 2.98. The molecule has 1 aromatic carbocycles. The molecule has 0 fully saturated rings. The summed E-state index contributed by atoms with van der Waals surface area (Å²) in [6.07, 6.45) is -0.521. The van der Waals surface area contributed by atoms with Crippen LogP contribution in [0.15, 0.2) is 18.2 Å². The van der Waals surface area contributed by atoms with Gasteiger partial charge in [-0.1, -0.05) is 0 Å². The molecule has 0 saturated carbocycles. The third kappa shape index (κ3) is 2.80. The number of hydrogen-bond acceptors (Lipinski definition) is 4. The van der Waals surface area contributed by atoms with Gasteiger partial charge in [0.05, 0.1) is 5.56 Å². The van der Waals surface area contributed by atoms with Crippen molar-refractivity contribution in [3.05, 3.63) is 29.3 Å². The van der Waals surface area contributed by atoms with Crippen LogP contribution in [-0.2, 0) is 16.1 Å². The molecule has 0 aliphatic carbocycles. The van der Waals surface area contributed by atoms with Gasteiger partial charge in [-0.3, -0.25) is 5.32 Å². The van der Waals surface area contributed by atoms with E-state index >= 15 is 0 Å². The average molecular weight is 249 g/mol. The van der Waals surface area contributed by atoms with Crippen LogP contribution in [0.2, 0.25) is 0 Å². The van der Waals surface area contributed by atoms with Crippen LogP contribution in [0.4, 0.5) is 10.5 Å². The number of carbonyl (C=O) groups excluding carboxylic acids is 2. The molecule has 1 aliphatic rings. The molecule has 0 saturated heterocycles. The number of esters is 1. The van der Waals surface area contributed by atoms with Crippen molar-refractivity contribution in [2.24, 2.45) is 0 Å². The number of carbonyl (C=O) groups is 2. The molecule has 18 heavy (non-hydrogen) atoms.